The Bertz CT molecular complexity index is 1210. The van der Waals surface area contributed by atoms with Gasteiger partial charge in [0.15, 0.2) is 4.34 Å². The van der Waals surface area contributed by atoms with Crippen LogP contribution in [0.4, 0.5) is 5.69 Å². The van der Waals surface area contributed by atoms with Crippen molar-refractivity contribution in [3.05, 3.63) is 88.4 Å². The SMILES string of the molecule is C[C@@H](NC(=O)CSc1nc2ccc(N=Cc3ccc(Br)cc3)cc2s1)c1ccccc1. The largest absolute Gasteiger partial charge is 0.349 e. The molecule has 0 bridgehead atoms. The van der Waals surface area contributed by atoms with E-state index < -0.39 is 0 Å². The zero-order valence-corrected chi connectivity index (χ0v) is 20.0. The van der Waals surface area contributed by atoms with Gasteiger partial charge in [-0.3, -0.25) is 9.79 Å². The molecule has 31 heavy (non-hydrogen) atoms. The van der Waals surface area contributed by atoms with Gasteiger partial charge in [-0.2, -0.15) is 0 Å². The Morgan fingerprint density at radius 3 is 2.71 bits per heavy atom. The van der Waals surface area contributed by atoms with E-state index >= 15 is 0 Å². The standard InChI is InChI=1S/C24H20BrN3OS2/c1-16(18-5-3-2-4-6-18)27-23(29)15-30-24-28-21-12-11-20(13-22(21)31-24)26-14-17-7-9-19(25)10-8-17/h2-14,16H,15H2,1H3,(H,27,29)/t16-/m1/s1. The van der Waals surface area contributed by atoms with Gasteiger partial charge in [0.25, 0.3) is 0 Å². The number of amides is 1. The topological polar surface area (TPSA) is 54.4 Å². The highest BCUT2D eigenvalue weighted by Crippen LogP contribution is 2.32. The average molecular weight is 510 g/mol. The number of hydrogen-bond acceptors (Lipinski definition) is 5. The fraction of sp³-hybridized carbons (Fsp3) is 0.125. The van der Waals surface area contributed by atoms with Crippen LogP contribution in [-0.4, -0.2) is 22.9 Å². The molecule has 0 saturated carbocycles. The van der Waals surface area contributed by atoms with Crippen molar-refractivity contribution < 1.29 is 4.79 Å². The Morgan fingerprint density at radius 2 is 1.94 bits per heavy atom. The molecule has 0 spiro atoms. The Morgan fingerprint density at radius 1 is 1.16 bits per heavy atom. The molecule has 0 aliphatic rings. The number of thiazole rings is 1. The number of nitrogens with zero attached hydrogens (tertiary/aromatic N) is 2. The van der Waals surface area contributed by atoms with E-state index in [1.54, 1.807) is 11.3 Å². The molecular weight excluding hydrogens is 490 g/mol. The molecule has 1 aromatic heterocycles. The highest BCUT2D eigenvalue weighted by atomic mass is 79.9. The second kappa shape index (κ2) is 10.2. The number of halogens is 1. The van der Waals surface area contributed by atoms with Crippen molar-refractivity contribution in [2.24, 2.45) is 4.99 Å². The summed E-state index contributed by atoms with van der Waals surface area (Å²) >= 11 is 6.48. The molecule has 1 atom stereocenters. The first kappa shape index (κ1) is 21.7. The lowest BCUT2D eigenvalue weighted by Gasteiger charge is -2.13. The fourth-order valence-corrected chi connectivity index (χ4v) is 5.14. The van der Waals surface area contributed by atoms with Gasteiger partial charge < -0.3 is 5.32 Å². The lowest BCUT2D eigenvalue weighted by atomic mass is 10.1. The van der Waals surface area contributed by atoms with Crippen molar-refractivity contribution in [3.8, 4) is 0 Å². The van der Waals surface area contributed by atoms with Gasteiger partial charge in [0, 0.05) is 10.7 Å². The summed E-state index contributed by atoms with van der Waals surface area (Å²) in [5.74, 6) is 0.339. The molecule has 3 aromatic carbocycles. The van der Waals surface area contributed by atoms with Gasteiger partial charge in [0.1, 0.15) is 0 Å². The summed E-state index contributed by atoms with van der Waals surface area (Å²) in [7, 11) is 0. The number of aromatic nitrogens is 1. The number of thioether (sulfide) groups is 1. The van der Waals surface area contributed by atoms with Gasteiger partial charge in [0.05, 0.1) is 27.7 Å². The van der Waals surface area contributed by atoms with Crippen molar-refractivity contribution >= 4 is 67.1 Å². The van der Waals surface area contributed by atoms with Gasteiger partial charge in [-0.25, -0.2) is 4.98 Å². The number of benzene rings is 3. The lowest BCUT2D eigenvalue weighted by molar-refractivity contribution is -0.119. The van der Waals surface area contributed by atoms with Crippen LogP contribution in [0.3, 0.4) is 0 Å². The number of hydrogen-bond donors (Lipinski definition) is 1. The van der Waals surface area contributed by atoms with Crippen molar-refractivity contribution in [1.29, 1.82) is 0 Å². The fourth-order valence-electron chi connectivity index (χ4n) is 2.97. The van der Waals surface area contributed by atoms with Crippen LogP contribution in [0.1, 0.15) is 24.1 Å². The van der Waals surface area contributed by atoms with Crippen LogP contribution < -0.4 is 5.32 Å². The van der Waals surface area contributed by atoms with E-state index in [0.717, 1.165) is 35.8 Å². The highest BCUT2D eigenvalue weighted by Gasteiger charge is 2.11. The zero-order chi connectivity index (χ0) is 21.6. The molecule has 1 heterocycles. The zero-order valence-electron chi connectivity index (χ0n) is 16.8. The smallest absolute Gasteiger partial charge is 0.230 e. The summed E-state index contributed by atoms with van der Waals surface area (Å²) < 4.78 is 2.99. The van der Waals surface area contributed by atoms with E-state index in [0.29, 0.717) is 5.75 Å². The number of carbonyl (C=O) groups is 1. The first-order valence-corrected chi connectivity index (χ1v) is 12.3. The summed E-state index contributed by atoms with van der Waals surface area (Å²) in [5, 5.41) is 3.04. The van der Waals surface area contributed by atoms with E-state index in [-0.39, 0.29) is 11.9 Å². The molecule has 4 aromatic rings. The van der Waals surface area contributed by atoms with Crippen molar-refractivity contribution in [2.75, 3.05) is 5.75 Å². The van der Waals surface area contributed by atoms with Crippen LogP contribution in [0.15, 0.2) is 86.6 Å². The van der Waals surface area contributed by atoms with E-state index in [4.69, 9.17) is 0 Å². The Kier molecular flexibility index (Phi) is 7.17. The minimum Gasteiger partial charge on any atom is -0.349 e. The summed E-state index contributed by atoms with van der Waals surface area (Å²) in [6, 6.07) is 23.9. The summed E-state index contributed by atoms with van der Waals surface area (Å²) in [5.41, 5.74) is 3.94. The number of aliphatic imine (C=N–C) groups is 1. The summed E-state index contributed by atoms with van der Waals surface area (Å²) in [4.78, 5) is 21.5. The molecule has 0 aliphatic heterocycles. The van der Waals surface area contributed by atoms with E-state index in [9.17, 15) is 4.79 Å². The van der Waals surface area contributed by atoms with Crippen molar-refractivity contribution in [3.63, 3.8) is 0 Å². The molecule has 156 valence electrons. The van der Waals surface area contributed by atoms with Gasteiger partial charge in [-0.1, -0.05) is 70.2 Å². The van der Waals surface area contributed by atoms with E-state index in [1.807, 2.05) is 85.9 Å². The Hall–Kier alpha value is -2.48. The normalized spacial score (nSPS) is 12.3. The van der Waals surface area contributed by atoms with Crippen LogP contribution in [0.25, 0.3) is 10.2 Å². The van der Waals surface area contributed by atoms with Crippen LogP contribution >= 0.6 is 39.0 Å². The second-order valence-electron chi connectivity index (χ2n) is 6.93. The molecule has 0 aliphatic carbocycles. The molecule has 4 rings (SSSR count). The summed E-state index contributed by atoms with van der Waals surface area (Å²) in [6.45, 7) is 1.99. The Balaban J connectivity index is 1.36. The number of rotatable bonds is 7. The molecule has 1 amide bonds. The van der Waals surface area contributed by atoms with Gasteiger partial charge in [-0.05, 0) is 48.4 Å². The number of carbonyl (C=O) groups excluding carboxylic acids is 1. The van der Waals surface area contributed by atoms with Gasteiger partial charge in [-0.15, -0.1) is 11.3 Å². The van der Waals surface area contributed by atoms with Crippen molar-refractivity contribution in [2.45, 2.75) is 17.3 Å². The quantitative estimate of drug-likeness (QED) is 0.220. The first-order chi connectivity index (χ1) is 15.1. The van der Waals surface area contributed by atoms with Crippen molar-refractivity contribution in [1.82, 2.24) is 10.3 Å². The maximum atomic E-state index is 12.3. The molecule has 4 nitrogen and oxygen atoms in total. The number of fused-ring (bicyclic) bond motifs is 1. The van der Waals surface area contributed by atoms with E-state index in [1.165, 1.54) is 11.8 Å². The monoisotopic (exact) mass is 509 g/mol. The molecule has 7 heteroatoms. The Labute approximate surface area is 198 Å². The van der Waals surface area contributed by atoms with Crippen LogP contribution in [0.5, 0.6) is 0 Å². The highest BCUT2D eigenvalue weighted by molar-refractivity contribution is 9.10. The molecule has 0 fully saturated rings. The average Bonchev–Trinajstić information content (AvgIpc) is 3.20. The third-order valence-corrected chi connectivity index (χ3v) is 7.28. The third kappa shape index (κ3) is 6.03. The van der Waals surface area contributed by atoms with Crippen LogP contribution in [-0.2, 0) is 4.79 Å². The lowest BCUT2D eigenvalue weighted by Crippen LogP contribution is -2.28. The second-order valence-corrected chi connectivity index (χ2v) is 10.1. The maximum absolute atomic E-state index is 12.3. The molecule has 0 saturated heterocycles. The predicted molar refractivity (Wildman–Crippen MR) is 135 cm³/mol. The van der Waals surface area contributed by atoms with Crippen LogP contribution in [0, 0.1) is 0 Å². The van der Waals surface area contributed by atoms with Gasteiger partial charge >= 0.3 is 0 Å². The molecule has 0 unspecified atom stereocenters. The number of nitrogens with one attached hydrogen (secondary N) is 1. The first-order valence-electron chi connectivity index (χ1n) is 9.74. The van der Waals surface area contributed by atoms with E-state index in [2.05, 4.69) is 31.2 Å². The minimum atomic E-state index is -0.0178. The maximum Gasteiger partial charge on any atom is 0.230 e. The molecule has 0 radical (unpaired) electrons. The minimum absolute atomic E-state index is 0.000367. The third-order valence-electron chi connectivity index (χ3n) is 4.59. The molecular formula is C24H20BrN3OS2. The van der Waals surface area contributed by atoms with Crippen LogP contribution in [0.2, 0.25) is 0 Å². The predicted octanol–water partition coefficient (Wildman–Crippen LogP) is 6.78. The molecule has 1 N–H and O–H groups in total. The van der Waals surface area contributed by atoms with Gasteiger partial charge in [0.2, 0.25) is 5.91 Å². The summed E-state index contributed by atoms with van der Waals surface area (Å²) in [6.07, 6.45) is 1.85.